The van der Waals surface area contributed by atoms with E-state index in [0.29, 0.717) is 18.7 Å². The minimum Gasteiger partial charge on any atom is -0.396 e. The predicted octanol–water partition coefficient (Wildman–Crippen LogP) is 4.00. The maximum absolute atomic E-state index is 13.3. The van der Waals surface area contributed by atoms with Gasteiger partial charge in [0.1, 0.15) is 0 Å². The van der Waals surface area contributed by atoms with Crippen LogP contribution >= 0.6 is 0 Å². The first-order chi connectivity index (χ1) is 15.2. The van der Waals surface area contributed by atoms with Crippen LogP contribution in [-0.2, 0) is 13.0 Å². The van der Waals surface area contributed by atoms with Crippen LogP contribution in [0.5, 0.6) is 0 Å². The van der Waals surface area contributed by atoms with Crippen LogP contribution in [0.3, 0.4) is 0 Å². The van der Waals surface area contributed by atoms with Gasteiger partial charge < -0.3 is 5.11 Å². The van der Waals surface area contributed by atoms with E-state index in [0.717, 1.165) is 58.7 Å². The van der Waals surface area contributed by atoms with Gasteiger partial charge in [-0.1, -0.05) is 12.1 Å². The highest BCUT2D eigenvalue weighted by Crippen LogP contribution is 2.36. The zero-order chi connectivity index (χ0) is 21.4. The second-order valence-electron chi connectivity index (χ2n) is 8.08. The number of aryl methyl sites for hydroxylation is 1. The normalized spacial score (nSPS) is 13.7. The number of rotatable bonds is 7. The van der Waals surface area contributed by atoms with Gasteiger partial charge in [0.05, 0.1) is 36.0 Å². The van der Waals surface area contributed by atoms with Crippen LogP contribution < -0.4 is 5.69 Å². The third-order valence-corrected chi connectivity index (χ3v) is 6.02. The fraction of sp³-hybridized carbons (Fsp3) is 0.333. The Morgan fingerprint density at radius 1 is 1.16 bits per heavy atom. The number of aliphatic hydroxyl groups is 1. The number of nitrogens with zero attached hydrogens (tertiary/aromatic N) is 5. The van der Waals surface area contributed by atoms with Gasteiger partial charge in [0, 0.05) is 25.0 Å². The zero-order valence-corrected chi connectivity index (χ0v) is 17.2. The van der Waals surface area contributed by atoms with Crippen molar-refractivity contribution in [2.24, 2.45) is 0 Å². The second kappa shape index (κ2) is 7.97. The molecule has 0 aliphatic heterocycles. The minimum atomic E-state index is -0.0166. The van der Waals surface area contributed by atoms with Gasteiger partial charge in [-0.25, -0.2) is 9.64 Å². The summed E-state index contributed by atoms with van der Waals surface area (Å²) in [5.41, 5.74) is 4.24. The molecular weight excluding hydrogens is 390 g/mol. The summed E-state index contributed by atoms with van der Waals surface area (Å²) in [6.07, 6.45) is 9.63. The van der Waals surface area contributed by atoms with Gasteiger partial charge in [0.2, 0.25) is 0 Å². The van der Waals surface area contributed by atoms with E-state index in [4.69, 9.17) is 11.6 Å². The van der Waals surface area contributed by atoms with Gasteiger partial charge in [-0.05, 0) is 60.6 Å². The topological polar surface area (TPSA) is 77.3 Å². The van der Waals surface area contributed by atoms with Crippen molar-refractivity contribution in [3.63, 3.8) is 0 Å². The van der Waals surface area contributed by atoms with Crippen molar-refractivity contribution < 1.29 is 5.11 Å². The van der Waals surface area contributed by atoms with E-state index >= 15 is 0 Å². The third kappa shape index (κ3) is 3.49. The van der Waals surface area contributed by atoms with Crippen LogP contribution in [0.1, 0.15) is 43.0 Å². The van der Waals surface area contributed by atoms with Crippen molar-refractivity contribution in [3.8, 4) is 0 Å². The molecule has 1 aliphatic carbocycles. The summed E-state index contributed by atoms with van der Waals surface area (Å²) in [5, 5.41) is 11.2. The minimum absolute atomic E-state index is 0.0166. The largest absolute Gasteiger partial charge is 0.396 e. The molecule has 4 aromatic rings. The number of fused-ring (bicyclic) bond motifs is 2. The highest BCUT2D eigenvalue weighted by atomic mass is 16.2. The van der Waals surface area contributed by atoms with Crippen LogP contribution in [0.2, 0.25) is 0 Å². The lowest BCUT2D eigenvalue weighted by molar-refractivity contribution is 0.284. The van der Waals surface area contributed by atoms with Crippen LogP contribution in [0.25, 0.3) is 26.7 Å². The first-order valence-electron chi connectivity index (χ1n) is 10.6. The molecular formula is C24H23N5O2. The van der Waals surface area contributed by atoms with E-state index in [1.54, 1.807) is 23.2 Å². The highest BCUT2D eigenvalue weighted by molar-refractivity contribution is 5.88. The van der Waals surface area contributed by atoms with Gasteiger partial charge in [-0.3, -0.25) is 19.1 Å². The molecule has 31 heavy (non-hydrogen) atoms. The Morgan fingerprint density at radius 2 is 2.03 bits per heavy atom. The summed E-state index contributed by atoms with van der Waals surface area (Å²) in [4.78, 5) is 25.8. The molecule has 0 amide bonds. The molecule has 1 aromatic carbocycles. The molecule has 1 saturated carbocycles. The molecule has 7 heteroatoms. The number of imidazole rings is 1. The standard InChI is InChI=1S/C24H23N5O2/c1-25-17-5-8-19-16(12-17)13-27-21(20(19)4-2-3-11-30)15-28-23-14-26-10-9-22(23)29(24(28)31)18-6-7-18/h5,8-10,12-14,18,30H,2-4,6-7,11,15H2. The monoisotopic (exact) mass is 413 g/mol. The van der Waals surface area contributed by atoms with Crippen LogP contribution in [0.15, 0.2) is 47.7 Å². The summed E-state index contributed by atoms with van der Waals surface area (Å²) in [6.45, 7) is 7.79. The number of aromatic nitrogens is 4. The van der Waals surface area contributed by atoms with Gasteiger partial charge in [-0.2, -0.15) is 0 Å². The molecule has 0 atom stereocenters. The van der Waals surface area contributed by atoms with Crippen molar-refractivity contribution in [3.05, 3.63) is 76.0 Å². The third-order valence-electron chi connectivity index (χ3n) is 6.02. The molecule has 3 aromatic heterocycles. The number of unbranched alkanes of at least 4 members (excludes halogenated alkanes) is 1. The smallest absolute Gasteiger partial charge is 0.329 e. The molecule has 1 aliphatic rings. The van der Waals surface area contributed by atoms with Crippen molar-refractivity contribution in [2.75, 3.05) is 6.61 Å². The Balaban J connectivity index is 1.64. The summed E-state index contributed by atoms with van der Waals surface area (Å²) in [6, 6.07) is 7.83. The average molecular weight is 413 g/mol. The number of hydrogen-bond acceptors (Lipinski definition) is 4. The van der Waals surface area contributed by atoms with E-state index in [1.165, 1.54) is 0 Å². The van der Waals surface area contributed by atoms with Crippen LogP contribution in [0.4, 0.5) is 5.69 Å². The van der Waals surface area contributed by atoms with Gasteiger partial charge >= 0.3 is 5.69 Å². The number of hydrogen-bond donors (Lipinski definition) is 1. The molecule has 0 radical (unpaired) electrons. The SMILES string of the molecule is [C-]#[N+]c1ccc2c(CCCCO)c(Cn3c(=O)n(C4CC4)c4ccncc43)ncc2c1. The van der Waals surface area contributed by atoms with Crippen molar-refractivity contribution in [1.29, 1.82) is 0 Å². The molecule has 0 bridgehead atoms. The lowest BCUT2D eigenvalue weighted by atomic mass is 9.99. The maximum atomic E-state index is 13.3. The Morgan fingerprint density at radius 3 is 2.81 bits per heavy atom. The Kier molecular flexibility index (Phi) is 5.00. The number of benzene rings is 1. The maximum Gasteiger partial charge on any atom is 0.329 e. The molecule has 1 fully saturated rings. The lowest BCUT2D eigenvalue weighted by Gasteiger charge is -2.13. The van der Waals surface area contributed by atoms with Crippen molar-refractivity contribution in [2.45, 2.75) is 44.7 Å². The zero-order valence-electron chi connectivity index (χ0n) is 17.2. The first kappa shape index (κ1) is 19.5. The molecule has 0 saturated heterocycles. The van der Waals surface area contributed by atoms with Gasteiger partial charge in [-0.15, -0.1) is 0 Å². The average Bonchev–Trinajstić information content (AvgIpc) is 3.59. The fourth-order valence-electron chi connectivity index (χ4n) is 4.33. The molecule has 7 nitrogen and oxygen atoms in total. The Hall–Kier alpha value is -3.50. The summed E-state index contributed by atoms with van der Waals surface area (Å²) < 4.78 is 3.67. The number of aliphatic hydroxyl groups excluding tert-OH is 1. The van der Waals surface area contributed by atoms with E-state index < -0.39 is 0 Å². The molecule has 5 rings (SSSR count). The van der Waals surface area contributed by atoms with Crippen LogP contribution in [0, 0.1) is 6.57 Å². The fourth-order valence-corrected chi connectivity index (χ4v) is 4.33. The van der Waals surface area contributed by atoms with Crippen LogP contribution in [-0.4, -0.2) is 30.8 Å². The quantitative estimate of drug-likeness (QED) is 0.367. The highest BCUT2D eigenvalue weighted by Gasteiger charge is 2.29. The second-order valence-corrected chi connectivity index (χ2v) is 8.08. The molecule has 0 unspecified atom stereocenters. The van der Waals surface area contributed by atoms with Crippen molar-refractivity contribution in [1.82, 2.24) is 19.1 Å². The Bertz CT molecular complexity index is 1370. The van der Waals surface area contributed by atoms with E-state index in [2.05, 4.69) is 9.83 Å². The molecule has 156 valence electrons. The lowest BCUT2D eigenvalue weighted by Crippen LogP contribution is -2.25. The first-order valence-corrected chi connectivity index (χ1v) is 10.6. The molecule has 0 spiro atoms. The summed E-state index contributed by atoms with van der Waals surface area (Å²) >= 11 is 0. The number of pyridine rings is 2. The Labute approximate surface area is 179 Å². The van der Waals surface area contributed by atoms with E-state index in [9.17, 15) is 9.90 Å². The van der Waals surface area contributed by atoms with E-state index in [-0.39, 0.29) is 18.3 Å². The van der Waals surface area contributed by atoms with Crippen molar-refractivity contribution >= 4 is 27.5 Å². The summed E-state index contributed by atoms with van der Waals surface area (Å²) in [5.74, 6) is 0. The van der Waals surface area contributed by atoms with Gasteiger partial charge in [0.15, 0.2) is 5.69 Å². The molecule has 1 N–H and O–H groups in total. The van der Waals surface area contributed by atoms with Gasteiger partial charge in [0.25, 0.3) is 0 Å². The summed E-state index contributed by atoms with van der Waals surface area (Å²) in [7, 11) is 0. The van der Waals surface area contributed by atoms with E-state index in [1.807, 2.05) is 28.8 Å². The predicted molar refractivity (Wildman–Crippen MR) is 119 cm³/mol. The molecule has 3 heterocycles.